The Kier molecular flexibility index (Phi) is 5.90. The van der Waals surface area contributed by atoms with Gasteiger partial charge in [-0.2, -0.15) is 4.31 Å². The number of carbonyl (C=O) groups is 1. The first kappa shape index (κ1) is 21.7. The summed E-state index contributed by atoms with van der Waals surface area (Å²) in [5.74, 6) is 0.659. The van der Waals surface area contributed by atoms with Crippen LogP contribution in [0, 0.1) is 0 Å². The van der Waals surface area contributed by atoms with Gasteiger partial charge in [-0.1, -0.05) is 24.3 Å². The molecule has 5 rings (SSSR count). The number of pyridine rings is 1. The van der Waals surface area contributed by atoms with Gasteiger partial charge in [0.15, 0.2) is 11.5 Å². The second-order valence-electron chi connectivity index (χ2n) is 8.11. The zero-order valence-electron chi connectivity index (χ0n) is 18.1. The number of sulfonamides is 1. The van der Waals surface area contributed by atoms with Crippen molar-refractivity contribution in [1.29, 1.82) is 0 Å². The van der Waals surface area contributed by atoms with Gasteiger partial charge in [-0.15, -0.1) is 0 Å². The van der Waals surface area contributed by atoms with Crippen molar-refractivity contribution in [3.05, 3.63) is 60.3 Å². The third-order valence-electron chi connectivity index (χ3n) is 6.04. The van der Waals surface area contributed by atoms with Crippen LogP contribution >= 0.6 is 0 Å². The van der Waals surface area contributed by atoms with Crippen molar-refractivity contribution in [3.8, 4) is 11.5 Å². The molecule has 0 unspecified atom stereocenters. The molecule has 0 saturated carbocycles. The highest BCUT2D eigenvalue weighted by atomic mass is 32.2. The van der Waals surface area contributed by atoms with Gasteiger partial charge in [0.05, 0.1) is 10.4 Å². The Labute approximate surface area is 192 Å². The van der Waals surface area contributed by atoms with Gasteiger partial charge >= 0.3 is 0 Å². The Morgan fingerprint density at radius 3 is 2.79 bits per heavy atom. The molecule has 3 heterocycles. The van der Waals surface area contributed by atoms with Gasteiger partial charge in [-0.05, 0) is 43.0 Å². The molecule has 9 heteroatoms. The zero-order valence-corrected chi connectivity index (χ0v) is 18.9. The number of hydrogen-bond acceptors (Lipinski definition) is 6. The van der Waals surface area contributed by atoms with E-state index in [1.54, 1.807) is 12.3 Å². The molecule has 1 N–H and O–H groups in total. The summed E-state index contributed by atoms with van der Waals surface area (Å²) in [5.41, 5.74) is 1.96. The number of ether oxygens (including phenoxy) is 2. The highest BCUT2D eigenvalue weighted by Gasteiger charge is 2.39. The molecule has 0 spiro atoms. The Balaban J connectivity index is 1.27. The number of nitrogens with zero attached hydrogens (tertiary/aromatic N) is 2. The number of fused-ring (bicyclic) bond motifs is 2. The smallest absolute Gasteiger partial charge is 0.243 e. The summed E-state index contributed by atoms with van der Waals surface area (Å²) in [6.45, 7) is 1.52. The topological polar surface area (TPSA) is 97.8 Å². The summed E-state index contributed by atoms with van der Waals surface area (Å²) < 4.78 is 38.9. The number of hydrogen-bond donors (Lipinski definition) is 1. The molecule has 2 aromatic carbocycles. The molecule has 33 heavy (non-hydrogen) atoms. The zero-order chi connectivity index (χ0) is 22.8. The molecular weight excluding hydrogens is 442 g/mol. The van der Waals surface area contributed by atoms with Gasteiger partial charge in [-0.25, -0.2) is 8.42 Å². The van der Waals surface area contributed by atoms with Gasteiger partial charge in [-0.3, -0.25) is 9.78 Å². The third kappa shape index (κ3) is 4.26. The maximum absolute atomic E-state index is 13.3. The summed E-state index contributed by atoms with van der Waals surface area (Å²) in [5, 5.41) is 3.97. The first-order chi connectivity index (χ1) is 16.0. The van der Waals surface area contributed by atoms with E-state index in [0.29, 0.717) is 57.1 Å². The number of aromatic nitrogens is 1. The van der Waals surface area contributed by atoms with Gasteiger partial charge < -0.3 is 14.8 Å². The minimum Gasteiger partial charge on any atom is -0.486 e. The third-order valence-corrected chi connectivity index (χ3v) is 7.94. The van der Waals surface area contributed by atoms with E-state index < -0.39 is 16.1 Å². The molecule has 172 valence electrons. The first-order valence-corrected chi connectivity index (χ1v) is 12.5. The van der Waals surface area contributed by atoms with Crippen molar-refractivity contribution in [2.75, 3.05) is 26.3 Å². The van der Waals surface area contributed by atoms with Crippen LogP contribution < -0.4 is 14.8 Å². The number of para-hydroxylation sites is 1. The first-order valence-electron chi connectivity index (χ1n) is 11.1. The highest BCUT2D eigenvalue weighted by molar-refractivity contribution is 7.89. The largest absolute Gasteiger partial charge is 0.486 e. The summed E-state index contributed by atoms with van der Waals surface area (Å²) in [6, 6.07) is 13.7. The van der Waals surface area contributed by atoms with E-state index in [9.17, 15) is 13.2 Å². The Hall–Kier alpha value is -3.17. The molecule has 1 saturated heterocycles. The molecular formula is C24H25N3O5S. The Bertz CT molecular complexity index is 1290. The van der Waals surface area contributed by atoms with Crippen molar-refractivity contribution in [3.63, 3.8) is 0 Å². The molecule has 2 aliphatic heterocycles. The molecule has 1 amide bonds. The minimum atomic E-state index is -3.85. The van der Waals surface area contributed by atoms with Crippen LogP contribution in [0.4, 0.5) is 0 Å². The average molecular weight is 468 g/mol. The fraction of sp³-hybridized carbons (Fsp3) is 0.333. The molecule has 8 nitrogen and oxygen atoms in total. The molecule has 0 aliphatic carbocycles. The summed E-state index contributed by atoms with van der Waals surface area (Å²) in [4.78, 5) is 17.5. The van der Waals surface area contributed by atoms with Gasteiger partial charge in [0, 0.05) is 30.7 Å². The van der Waals surface area contributed by atoms with Crippen LogP contribution in [0.1, 0.15) is 18.4 Å². The molecule has 0 radical (unpaired) electrons. The summed E-state index contributed by atoms with van der Waals surface area (Å²) >= 11 is 0. The fourth-order valence-electron chi connectivity index (χ4n) is 4.42. The maximum Gasteiger partial charge on any atom is 0.243 e. The number of benzene rings is 2. The Morgan fingerprint density at radius 1 is 1.09 bits per heavy atom. The molecule has 1 fully saturated rings. The minimum absolute atomic E-state index is 0.105. The van der Waals surface area contributed by atoms with Crippen molar-refractivity contribution in [1.82, 2.24) is 14.6 Å². The lowest BCUT2D eigenvalue weighted by Gasteiger charge is -2.24. The lowest BCUT2D eigenvalue weighted by Crippen LogP contribution is -2.46. The second kappa shape index (κ2) is 8.99. The monoisotopic (exact) mass is 467 g/mol. The quantitative estimate of drug-likeness (QED) is 0.598. The van der Waals surface area contributed by atoms with E-state index in [1.807, 2.05) is 30.3 Å². The second-order valence-corrected chi connectivity index (χ2v) is 10.0. The van der Waals surface area contributed by atoms with E-state index in [0.717, 1.165) is 16.5 Å². The van der Waals surface area contributed by atoms with E-state index >= 15 is 0 Å². The lowest BCUT2D eigenvalue weighted by molar-refractivity contribution is -0.124. The molecule has 2 aliphatic rings. The number of carbonyl (C=O) groups excluding carboxylic acids is 1. The average Bonchev–Trinajstić information content (AvgIpc) is 3.35. The number of rotatable bonds is 6. The number of amides is 1. The molecule has 1 aromatic heterocycles. The van der Waals surface area contributed by atoms with Crippen molar-refractivity contribution < 1.29 is 22.7 Å². The van der Waals surface area contributed by atoms with Crippen LogP contribution in [-0.2, 0) is 21.2 Å². The van der Waals surface area contributed by atoms with Gasteiger partial charge in [0.2, 0.25) is 15.9 Å². The number of nitrogens with one attached hydrogen (secondary N) is 1. The van der Waals surface area contributed by atoms with Gasteiger partial charge in [0.1, 0.15) is 19.3 Å². The van der Waals surface area contributed by atoms with E-state index in [1.165, 1.54) is 16.4 Å². The Morgan fingerprint density at radius 2 is 1.91 bits per heavy atom. The lowest BCUT2D eigenvalue weighted by atomic mass is 10.1. The maximum atomic E-state index is 13.3. The van der Waals surface area contributed by atoms with E-state index in [4.69, 9.17) is 9.47 Å². The van der Waals surface area contributed by atoms with E-state index in [2.05, 4.69) is 10.3 Å². The van der Waals surface area contributed by atoms with Crippen LogP contribution in [0.3, 0.4) is 0 Å². The fourth-order valence-corrected chi connectivity index (χ4v) is 6.09. The summed E-state index contributed by atoms with van der Waals surface area (Å²) in [6.07, 6.45) is 3.49. The molecule has 0 bridgehead atoms. The molecule has 3 aromatic rings. The van der Waals surface area contributed by atoms with Crippen molar-refractivity contribution in [2.45, 2.75) is 30.2 Å². The highest BCUT2D eigenvalue weighted by Crippen LogP contribution is 2.34. The van der Waals surface area contributed by atoms with Crippen LogP contribution in [-0.4, -0.2) is 56.0 Å². The predicted molar refractivity (Wildman–Crippen MR) is 123 cm³/mol. The van der Waals surface area contributed by atoms with Crippen molar-refractivity contribution >= 4 is 26.8 Å². The van der Waals surface area contributed by atoms with Crippen molar-refractivity contribution in [2.24, 2.45) is 0 Å². The molecule has 1 atom stereocenters. The van der Waals surface area contributed by atoms with Crippen LogP contribution in [0.15, 0.2) is 59.6 Å². The van der Waals surface area contributed by atoms with Crippen LogP contribution in [0.25, 0.3) is 10.9 Å². The standard InChI is InChI=1S/C24H25N3O5S/c28-24(26-12-10-18-5-1-4-17-6-2-11-25-23(17)18)20-7-3-13-27(20)33(29,30)19-8-9-21-22(16-19)32-15-14-31-21/h1-2,4-6,8-9,11,16,20H,3,7,10,12-15H2,(H,26,28)/t20-/m0/s1. The predicted octanol–water partition coefficient (Wildman–Crippen LogP) is 2.52. The van der Waals surface area contributed by atoms with Crippen LogP contribution in [0.2, 0.25) is 0 Å². The normalized spacial score (nSPS) is 18.4. The SMILES string of the molecule is O=C(NCCc1cccc2cccnc12)[C@@H]1CCCN1S(=O)(=O)c1ccc2c(c1)OCCO2. The van der Waals surface area contributed by atoms with Gasteiger partial charge in [0.25, 0.3) is 0 Å². The van der Waals surface area contributed by atoms with Crippen LogP contribution in [0.5, 0.6) is 11.5 Å². The summed E-state index contributed by atoms with van der Waals surface area (Å²) in [7, 11) is -3.85. The van der Waals surface area contributed by atoms with E-state index in [-0.39, 0.29) is 10.8 Å².